The molecule has 3 aliphatic carbocycles. The van der Waals surface area contributed by atoms with Gasteiger partial charge in [0.2, 0.25) is 21.8 Å². The Bertz CT molecular complexity index is 1430. The molecule has 50 heavy (non-hydrogen) atoms. The molecule has 3 saturated carbocycles. The van der Waals surface area contributed by atoms with Crippen molar-refractivity contribution in [3.63, 3.8) is 0 Å². The van der Waals surface area contributed by atoms with Crippen LogP contribution in [0.3, 0.4) is 0 Å². The molecule has 7 atom stereocenters. The Morgan fingerprint density at radius 1 is 0.940 bits per heavy atom. The lowest BCUT2D eigenvalue weighted by Gasteiger charge is -2.35. The number of nitrogens with zero attached hydrogens (tertiary/aromatic N) is 1. The predicted octanol–water partition coefficient (Wildman–Crippen LogP) is 3.41. The lowest BCUT2D eigenvalue weighted by molar-refractivity contribution is -0.142. The van der Waals surface area contributed by atoms with E-state index >= 15 is 0 Å². The summed E-state index contributed by atoms with van der Waals surface area (Å²) < 4.78 is 38.8. The van der Waals surface area contributed by atoms with E-state index in [0.29, 0.717) is 19.3 Å². The van der Waals surface area contributed by atoms with Gasteiger partial charge in [-0.15, -0.1) is 6.58 Å². The number of alkyl carbamates (subject to hydrolysis) is 2. The van der Waals surface area contributed by atoms with E-state index in [-0.39, 0.29) is 38.0 Å². The third-order valence-electron chi connectivity index (χ3n) is 10.9. The van der Waals surface area contributed by atoms with Gasteiger partial charge < -0.3 is 30.3 Å². The largest absolute Gasteiger partial charge is 0.450 e. The summed E-state index contributed by atoms with van der Waals surface area (Å²) in [5.41, 5.74) is -2.34. The van der Waals surface area contributed by atoms with Crippen molar-refractivity contribution in [1.29, 1.82) is 0 Å². The number of amides is 5. The number of rotatable bonds is 6. The van der Waals surface area contributed by atoms with E-state index in [0.717, 1.165) is 57.8 Å². The summed E-state index contributed by atoms with van der Waals surface area (Å²) in [6.45, 7) is 9.26. The highest BCUT2D eigenvalue weighted by Gasteiger charge is 2.62. The molecule has 5 amide bonds. The van der Waals surface area contributed by atoms with Gasteiger partial charge in [-0.1, -0.05) is 59.0 Å². The highest BCUT2D eigenvalue weighted by molar-refractivity contribution is 7.91. The van der Waals surface area contributed by atoms with Crippen LogP contribution in [0.1, 0.15) is 111 Å². The van der Waals surface area contributed by atoms with Gasteiger partial charge in [-0.2, -0.15) is 0 Å². The van der Waals surface area contributed by atoms with E-state index in [9.17, 15) is 32.4 Å². The van der Waals surface area contributed by atoms with Crippen LogP contribution in [0.25, 0.3) is 0 Å². The Labute approximate surface area is 295 Å². The number of sulfonamides is 1. The fraction of sp³-hybridized carbons (Fsp3) is 0.800. The molecule has 0 aromatic carbocycles. The van der Waals surface area contributed by atoms with E-state index in [1.54, 1.807) is 20.8 Å². The smallest absolute Gasteiger partial charge is 0.407 e. The molecule has 280 valence electrons. The summed E-state index contributed by atoms with van der Waals surface area (Å²) in [6.07, 6.45) is 10.5. The molecule has 4 N–H and O–H groups in total. The Morgan fingerprint density at radius 3 is 2.26 bits per heavy atom. The number of hydrogen-bond donors (Lipinski definition) is 4. The van der Waals surface area contributed by atoms with Crippen LogP contribution in [0.15, 0.2) is 12.7 Å². The third kappa shape index (κ3) is 9.10. The molecule has 14 nitrogen and oxygen atoms in total. The van der Waals surface area contributed by atoms with E-state index < -0.39 is 80.2 Å². The second-order valence-corrected chi connectivity index (χ2v) is 17.9. The molecule has 0 spiro atoms. The van der Waals surface area contributed by atoms with Gasteiger partial charge in [0, 0.05) is 12.5 Å². The summed E-state index contributed by atoms with van der Waals surface area (Å²) >= 11 is 0. The van der Waals surface area contributed by atoms with E-state index in [4.69, 9.17) is 9.47 Å². The number of nitrogens with one attached hydrogen (secondary N) is 4. The molecular weight excluding hydrogens is 666 g/mol. The molecule has 0 radical (unpaired) electrons. The van der Waals surface area contributed by atoms with Gasteiger partial charge >= 0.3 is 12.2 Å². The number of cyclic esters (lactones) is 1. The molecule has 0 aromatic heterocycles. The molecule has 2 bridgehead atoms. The topological polar surface area (TPSA) is 189 Å². The first kappa shape index (κ1) is 37.9. The summed E-state index contributed by atoms with van der Waals surface area (Å²) in [4.78, 5) is 69.3. The Balaban J connectivity index is 1.38. The fourth-order valence-corrected chi connectivity index (χ4v) is 8.99. The lowest BCUT2D eigenvalue weighted by Crippen LogP contribution is -2.60. The first-order chi connectivity index (χ1) is 23.6. The highest BCUT2D eigenvalue weighted by Crippen LogP contribution is 2.45. The zero-order valence-corrected chi connectivity index (χ0v) is 30.5. The molecule has 0 aromatic rings. The van der Waals surface area contributed by atoms with Gasteiger partial charge in [-0.05, 0) is 69.1 Å². The molecule has 2 heterocycles. The van der Waals surface area contributed by atoms with Crippen molar-refractivity contribution in [1.82, 2.24) is 25.6 Å². The minimum Gasteiger partial charge on any atom is -0.450 e. The first-order valence-corrected chi connectivity index (χ1v) is 19.9. The second kappa shape index (κ2) is 15.5. The van der Waals surface area contributed by atoms with Gasteiger partial charge in [-0.25, -0.2) is 18.0 Å². The maximum absolute atomic E-state index is 14.3. The summed E-state index contributed by atoms with van der Waals surface area (Å²) in [7, 11) is -3.89. The van der Waals surface area contributed by atoms with Crippen LogP contribution in [0, 0.1) is 17.3 Å². The van der Waals surface area contributed by atoms with Gasteiger partial charge in [0.15, 0.2) is 0 Å². The Morgan fingerprint density at radius 2 is 1.60 bits per heavy atom. The number of fused-ring (bicyclic) bond motifs is 3. The molecule has 5 aliphatic rings. The normalized spacial score (nSPS) is 33.3. The van der Waals surface area contributed by atoms with Crippen LogP contribution >= 0.6 is 0 Å². The zero-order chi connectivity index (χ0) is 36.3. The standard InChI is InChI=1S/C35H55N5O9S/c1-5-23-20-35(23,31(43)39-50(46,47)25-16-17-25)38-29(41)26-19-24-21-40(26)30(42)28(34(2,3)4)37-32(44)48-18-12-8-6-7-9-13-22-14-10-11-15-27(22)49-33(45)36-24/h5,22-28H,1,6-21H2,2-4H3,(H,36,45)(H,37,44)(H,38,41)(H,39,43)/t22?,23-,24-,26+,27?,28-,35-/m1/s1. The fourth-order valence-electron chi connectivity index (χ4n) is 7.63. The lowest BCUT2D eigenvalue weighted by atomic mass is 9.83. The van der Waals surface area contributed by atoms with Crippen molar-refractivity contribution in [2.45, 2.75) is 146 Å². The highest BCUT2D eigenvalue weighted by atomic mass is 32.2. The minimum absolute atomic E-state index is 0.0128. The van der Waals surface area contributed by atoms with Crippen molar-refractivity contribution < 1.29 is 41.9 Å². The SMILES string of the molecule is C=C[C@@H]1C[C@]1(NC(=O)[C@@H]1C[C@@H]2CN1C(=O)[C@H](C(C)(C)C)NC(=O)OCCCCCCCC1CCCCC1OC(=O)N2)C(=O)NS(=O)(=O)C1CC1. The van der Waals surface area contributed by atoms with Gasteiger partial charge in [0.25, 0.3) is 5.91 Å². The number of carbonyl (C=O) groups is 5. The summed E-state index contributed by atoms with van der Waals surface area (Å²) in [5.74, 6) is -2.34. The minimum atomic E-state index is -3.89. The molecule has 2 aliphatic heterocycles. The Kier molecular flexibility index (Phi) is 11.7. The molecule has 5 fully saturated rings. The average Bonchev–Trinajstić information content (AvgIpc) is 3.97. The number of hydrogen-bond acceptors (Lipinski definition) is 9. The van der Waals surface area contributed by atoms with E-state index in [2.05, 4.69) is 27.3 Å². The first-order valence-electron chi connectivity index (χ1n) is 18.4. The monoisotopic (exact) mass is 721 g/mol. The van der Waals surface area contributed by atoms with Crippen LogP contribution in [0.5, 0.6) is 0 Å². The summed E-state index contributed by atoms with van der Waals surface area (Å²) in [5, 5.41) is 7.71. The zero-order valence-electron chi connectivity index (χ0n) is 29.7. The van der Waals surface area contributed by atoms with Crippen LogP contribution in [0.2, 0.25) is 0 Å². The average molecular weight is 722 g/mol. The van der Waals surface area contributed by atoms with Crippen molar-refractivity contribution in [3.8, 4) is 0 Å². The second-order valence-electron chi connectivity index (χ2n) is 15.9. The molecular formula is C35H55N5O9S. The van der Waals surface area contributed by atoms with Crippen LogP contribution in [0.4, 0.5) is 9.59 Å². The third-order valence-corrected chi connectivity index (χ3v) is 12.7. The number of ether oxygens (including phenoxy) is 2. The summed E-state index contributed by atoms with van der Waals surface area (Å²) in [6, 6.07) is -2.91. The maximum atomic E-state index is 14.3. The van der Waals surface area contributed by atoms with Crippen LogP contribution in [-0.2, 0) is 33.9 Å². The Hall–Kier alpha value is -3.36. The van der Waals surface area contributed by atoms with Crippen molar-refractivity contribution in [2.24, 2.45) is 17.3 Å². The van der Waals surface area contributed by atoms with Gasteiger partial charge in [0.05, 0.1) is 17.9 Å². The van der Waals surface area contributed by atoms with Crippen LogP contribution < -0.4 is 20.7 Å². The van der Waals surface area contributed by atoms with Crippen molar-refractivity contribution >= 4 is 39.9 Å². The van der Waals surface area contributed by atoms with E-state index in [1.807, 2.05) is 0 Å². The molecule has 5 rings (SSSR count). The molecule has 2 unspecified atom stereocenters. The quantitative estimate of drug-likeness (QED) is 0.298. The molecule has 2 saturated heterocycles. The predicted molar refractivity (Wildman–Crippen MR) is 184 cm³/mol. The van der Waals surface area contributed by atoms with Crippen molar-refractivity contribution in [3.05, 3.63) is 12.7 Å². The van der Waals surface area contributed by atoms with E-state index in [1.165, 1.54) is 11.0 Å². The molecule has 15 heteroatoms. The van der Waals surface area contributed by atoms with Crippen LogP contribution in [-0.4, -0.2) is 91.4 Å². The number of carbonyl (C=O) groups excluding carboxylic acids is 5. The van der Waals surface area contributed by atoms with Gasteiger partial charge in [-0.3, -0.25) is 19.1 Å². The maximum Gasteiger partial charge on any atom is 0.407 e. The van der Waals surface area contributed by atoms with Gasteiger partial charge in [0.1, 0.15) is 23.7 Å². The van der Waals surface area contributed by atoms with Crippen molar-refractivity contribution in [2.75, 3.05) is 13.2 Å².